The van der Waals surface area contributed by atoms with E-state index in [0.29, 0.717) is 4.38 Å². The molecule has 2 fully saturated rings. The van der Waals surface area contributed by atoms with Crippen molar-refractivity contribution < 1.29 is 37.6 Å². The summed E-state index contributed by atoms with van der Waals surface area (Å²) in [5.74, 6) is -0.434. The Morgan fingerprint density at radius 1 is 1.25 bits per heavy atom. The van der Waals surface area contributed by atoms with Crippen LogP contribution in [0.2, 0.25) is 18.1 Å². The van der Waals surface area contributed by atoms with Gasteiger partial charge in [0.2, 0.25) is 10.7 Å². The highest BCUT2D eigenvalue weighted by molar-refractivity contribution is 8.22. The van der Waals surface area contributed by atoms with Crippen LogP contribution in [0.1, 0.15) is 32.8 Å². The zero-order chi connectivity index (χ0) is 26.6. The van der Waals surface area contributed by atoms with Crippen molar-refractivity contribution >= 4 is 42.6 Å². The molecule has 2 saturated heterocycles. The van der Waals surface area contributed by atoms with Crippen LogP contribution in [-0.2, 0) is 44.2 Å². The normalized spacial score (nSPS) is 28.5. The summed E-state index contributed by atoms with van der Waals surface area (Å²) in [7, 11) is -0.585. The summed E-state index contributed by atoms with van der Waals surface area (Å²) < 4.78 is 42.9. The molecule has 202 valence electrons. The van der Waals surface area contributed by atoms with Gasteiger partial charge in [-0.3, -0.25) is 4.79 Å². The van der Waals surface area contributed by atoms with E-state index in [9.17, 15) is 4.79 Å². The number of ether oxygens (including phenoxy) is 6. The van der Waals surface area contributed by atoms with Gasteiger partial charge in [-0.1, -0.05) is 62.9 Å². The molecule has 36 heavy (non-hydrogen) atoms. The predicted octanol–water partition coefficient (Wildman–Crippen LogP) is 4.66. The number of esters is 1. The van der Waals surface area contributed by atoms with E-state index in [2.05, 4.69) is 33.9 Å². The molecule has 1 aromatic rings. The van der Waals surface area contributed by atoms with Crippen LogP contribution < -0.4 is 0 Å². The molecule has 1 aromatic carbocycles. The highest BCUT2D eigenvalue weighted by atomic mass is 32.2. The van der Waals surface area contributed by atoms with Crippen LogP contribution in [0, 0.1) is 0 Å². The maximum absolute atomic E-state index is 12.6. The van der Waals surface area contributed by atoms with Crippen molar-refractivity contribution in [3.05, 3.63) is 35.9 Å². The van der Waals surface area contributed by atoms with Crippen LogP contribution in [0.25, 0.3) is 0 Å². The molecule has 2 aliphatic heterocycles. The lowest BCUT2D eigenvalue weighted by Crippen LogP contribution is -2.68. The summed E-state index contributed by atoms with van der Waals surface area (Å²) in [5, 5.41) is 0.000914. The second-order valence-electron chi connectivity index (χ2n) is 10.5. The van der Waals surface area contributed by atoms with Crippen LogP contribution in [-0.4, -0.2) is 75.6 Å². The molecule has 5 atom stereocenters. The van der Waals surface area contributed by atoms with E-state index in [0.717, 1.165) is 5.56 Å². The third-order valence-electron chi connectivity index (χ3n) is 7.03. The monoisotopic (exact) mass is 558 g/mol. The maximum Gasteiger partial charge on any atom is 0.311 e. The first kappa shape index (κ1) is 29.5. The summed E-state index contributed by atoms with van der Waals surface area (Å²) in [6.45, 7) is 11.3. The van der Waals surface area contributed by atoms with E-state index < -0.39 is 44.5 Å². The van der Waals surface area contributed by atoms with Gasteiger partial charge in [-0.25, -0.2) is 0 Å². The van der Waals surface area contributed by atoms with Crippen LogP contribution >= 0.6 is 24.0 Å². The van der Waals surface area contributed by atoms with Crippen molar-refractivity contribution in [2.24, 2.45) is 0 Å². The Kier molecular flexibility index (Phi) is 10.0. The van der Waals surface area contributed by atoms with Crippen molar-refractivity contribution in [1.82, 2.24) is 0 Å². The van der Waals surface area contributed by atoms with Gasteiger partial charge in [0.25, 0.3) is 0 Å². The number of carbonyl (C=O) groups excluding carboxylic acids is 1. The van der Waals surface area contributed by atoms with E-state index in [1.807, 2.05) is 36.6 Å². The Morgan fingerprint density at radius 2 is 1.94 bits per heavy atom. The molecule has 0 amide bonds. The molecule has 8 nitrogen and oxygen atoms in total. The Hall–Kier alpha value is -1.05. The van der Waals surface area contributed by atoms with Gasteiger partial charge in [0.05, 0.1) is 19.6 Å². The number of carbonyl (C=O) groups is 1. The molecule has 2 heterocycles. The molecule has 0 radical (unpaired) electrons. The number of hydrogen-bond donors (Lipinski definition) is 0. The molecular weight excluding hydrogens is 520 g/mol. The maximum atomic E-state index is 12.6. The standard InChI is InChI=1S/C25H38O8S2Si/c1-24(2,3)36(6,7)30-15-18-20(33-23(34)35-5)21(28-16-27-4)25(13-19(26)32-22(25)31-18)29-14-17-11-9-8-10-12-17/h8-12,18,20-22H,13-16H2,1-7H3/t18-,20+,21+,22-,25+/m1/s1. The van der Waals surface area contributed by atoms with Crippen molar-refractivity contribution in [2.45, 2.75) is 82.1 Å². The lowest BCUT2D eigenvalue weighted by atomic mass is 9.84. The summed E-state index contributed by atoms with van der Waals surface area (Å²) in [5.41, 5.74) is -0.312. The number of rotatable bonds is 10. The van der Waals surface area contributed by atoms with Crippen molar-refractivity contribution in [3.63, 3.8) is 0 Å². The molecule has 0 bridgehead atoms. The van der Waals surface area contributed by atoms with Crippen molar-refractivity contribution in [1.29, 1.82) is 0 Å². The quantitative estimate of drug-likeness (QED) is 0.175. The van der Waals surface area contributed by atoms with Gasteiger partial charge < -0.3 is 32.8 Å². The first-order valence-corrected chi connectivity index (χ1v) is 16.5. The lowest BCUT2D eigenvalue weighted by molar-refractivity contribution is -0.334. The van der Waals surface area contributed by atoms with Crippen LogP contribution in [0.4, 0.5) is 0 Å². The molecule has 11 heteroatoms. The summed E-state index contributed by atoms with van der Waals surface area (Å²) in [4.78, 5) is 12.6. The minimum atomic E-state index is -2.12. The summed E-state index contributed by atoms with van der Waals surface area (Å²) >= 11 is 6.72. The largest absolute Gasteiger partial charge is 0.469 e. The fourth-order valence-corrected chi connectivity index (χ4v) is 5.30. The van der Waals surface area contributed by atoms with Gasteiger partial charge in [-0.2, -0.15) is 0 Å². The third-order valence-corrected chi connectivity index (χ3v) is 12.6. The van der Waals surface area contributed by atoms with Crippen LogP contribution in [0.3, 0.4) is 0 Å². The zero-order valence-electron chi connectivity index (χ0n) is 22.1. The van der Waals surface area contributed by atoms with Gasteiger partial charge >= 0.3 is 5.97 Å². The number of thiocarbonyl (C=S) groups is 1. The number of fused-ring (bicyclic) bond motifs is 1. The number of benzene rings is 1. The molecule has 2 aliphatic rings. The molecular formula is C25H38O8S2Si. The average molecular weight is 559 g/mol. The Balaban J connectivity index is 1.96. The van der Waals surface area contributed by atoms with Gasteiger partial charge in [-0.15, -0.1) is 0 Å². The van der Waals surface area contributed by atoms with Gasteiger partial charge in [0.15, 0.2) is 20.0 Å². The smallest absolute Gasteiger partial charge is 0.311 e. The highest BCUT2D eigenvalue weighted by Gasteiger charge is 2.65. The minimum absolute atomic E-state index is 0.000914. The van der Waals surface area contributed by atoms with E-state index in [-0.39, 0.29) is 31.5 Å². The van der Waals surface area contributed by atoms with Crippen molar-refractivity contribution in [3.8, 4) is 0 Å². The van der Waals surface area contributed by atoms with Gasteiger partial charge in [0, 0.05) is 7.11 Å². The van der Waals surface area contributed by atoms with Gasteiger partial charge in [-0.05, 0) is 42.2 Å². The van der Waals surface area contributed by atoms with Crippen LogP contribution in [0.15, 0.2) is 30.3 Å². The topological polar surface area (TPSA) is 81.7 Å². The summed E-state index contributed by atoms with van der Waals surface area (Å²) in [6.07, 6.45) is -1.32. The van der Waals surface area contributed by atoms with E-state index in [4.69, 9.17) is 45.1 Å². The molecule has 0 N–H and O–H groups in total. The first-order chi connectivity index (χ1) is 16.9. The molecule has 0 aromatic heterocycles. The highest BCUT2D eigenvalue weighted by Crippen LogP contribution is 2.45. The Morgan fingerprint density at radius 3 is 2.56 bits per heavy atom. The molecule has 0 aliphatic carbocycles. The number of hydrogen-bond acceptors (Lipinski definition) is 10. The van der Waals surface area contributed by atoms with E-state index in [1.165, 1.54) is 18.9 Å². The third kappa shape index (κ3) is 6.68. The van der Waals surface area contributed by atoms with E-state index in [1.54, 1.807) is 0 Å². The Bertz CT molecular complexity index is 894. The minimum Gasteiger partial charge on any atom is -0.469 e. The average Bonchev–Trinajstić information content (AvgIpc) is 3.16. The molecule has 0 saturated carbocycles. The van der Waals surface area contributed by atoms with Gasteiger partial charge in [0.1, 0.15) is 19.0 Å². The van der Waals surface area contributed by atoms with Crippen LogP contribution in [0.5, 0.6) is 0 Å². The predicted molar refractivity (Wildman–Crippen MR) is 144 cm³/mol. The SMILES string of the molecule is COCO[C@H]1[C@@H](OC(=S)SC)[C@@H](CO[Si](C)(C)C(C)(C)C)O[C@@H]2OC(=O)C[C@@]21OCc1ccccc1. The molecule has 0 spiro atoms. The molecule has 0 unspecified atom stereocenters. The summed E-state index contributed by atoms with van der Waals surface area (Å²) in [6, 6.07) is 9.69. The fourth-order valence-electron chi connectivity index (χ4n) is 3.96. The molecule has 3 rings (SSSR count). The van der Waals surface area contributed by atoms with E-state index >= 15 is 0 Å². The Labute approximate surface area is 224 Å². The lowest BCUT2D eigenvalue weighted by Gasteiger charge is -2.49. The first-order valence-electron chi connectivity index (χ1n) is 12.0. The second-order valence-corrected chi connectivity index (χ2v) is 16.7. The second kappa shape index (κ2) is 12.2. The number of thioether (sulfide) groups is 1. The number of methoxy groups -OCH3 is 1. The van der Waals surface area contributed by atoms with Crippen molar-refractivity contribution in [2.75, 3.05) is 26.8 Å². The fraction of sp³-hybridized carbons (Fsp3) is 0.680. The zero-order valence-corrected chi connectivity index (χ0v) is 24.7.